The van der Waals surface area contributed by atoms with Crippen molar-refractivity contribution in [1.82, 2.24) is 0 Å². The molecular formula is C18H23NO. The van der Waals surface area contributed by atoms with Gasteiger partial charge in [-0.25, -0.2) is 0 Å². The van der Waals surface area contributed by atoms with Crippen LogP contribution in [0.3, 0.4) is 0 Å². The van der Waals surface area contributed by atoms with Crippen molar-refractivity contribution >= 4 is 11.1 Å². The van der Waals surface area contributed by atoms with Gasteiger partial charge in [-0.1, -0.05) is 37.4 Å². The van der Waals surface area contributed by atoms with Crippen molar-refractivity contribution < 1.29 is 4.74 Å². The van der Waals surface area contributed by atoms with Crippen LogP contribution in [0.15, 0.2) is 43.1 Å². The molecule has 1 aromatic rings. The third-order valence-corrected chi connectivity index (χ3v) is 3.69. The van der Waals surface area contributed by atoms with Gasteiger partial charge in [-0.05, 0) is 54.0 Å². The Morgan fingerprint density at radius 3 is 2.70 bits per heavy atom. The van der Waals surface area contributed by atoms with E-state index in [0.717, 1.165) is 38.0 Å². The molecule has 1 aliphatic rings. The fourth-order valence-electron chi connectivity index (χ4n) is 2.47. The fraction of sp³-hybridized carbons (Fsp3) is 0.333. The number of nitrogens with two attached hydrogens (primary N) is 1. The Labute approximate surface area is 121 Å². The monoisotopic (exact) mass is 269 g/mol. The van der Waals surface area contributed by atoms with Crippen LogP contribution in [0.5, 0.6) is 0 Å². The summed E-state index contributed by atoms with van der Waals surface area (Å²) in [6.45, 7) is 11.6. The molecule has 0 aromatic heterocycles. The third kappa shape index (κ3) is 3.61. The molecule has 0 spiro atoms. The van der Waals surface area contributed by atoms with Gasteiger partial charge in [-0.15, -0.1) is 0 Å². The molecule has 0 amide bonds. The minimum absolute atomic E-state index is 0.715. The second kappa shape index (κ2) is 6.58. The first-order valence-corrected chi connectivity index (χ1v) is 7.07. The molecule has 2 N–H and O–H groups in total. The predicted molar refractivity (Wildman–Crippen MR) is 86.2 cm³/mol. The molecule has 106 valence electrons. The van der Waals surface area contributed by atoms with E-state index < -0.39 is 0 Å². The van der Waals surface area contributed by atoms with Crippen molar-refractivity contribution in [2.45, 2.75) is 26.2 Å². The molecule has 2 heteroatoms. The van der Waals surface area contributed by atoms with E-state index in [4.69, 9.17) is 10.5 Å². The average molecular weight is 269 g/mol. The Balaban J connectivity index is 2.15. The van der Waals surface area contributed by atoms with Crippen LogP contribution in [0.25, 0.3) is 11.1 Å². The van der Waals surface area contributed by atoms with Crippen LogP contribution < -0.4 is 5.73 Å². The van der Waals surface area contributed by atoms with E-state index in [-0.39, 0.29) is 0 Å². The lowest BCUT2D eigenvalue weighted by atomic mass is 9.93. The largest absolute Gasteiger partial charge is 0.403 e. The first-order valence-electron chi connectivity index (χ1n) is 7.07. The highest BCUT2D eigenvalue weighted by Crippen LogP contribution is 2.28. The zero-order valence-corrected chi connectivity index (χ0v) is 12.2. The molecule has 2 rings (SSSR count). The van der Waals surface area contributed by atoms with Crippen molar-refractivity contribution in [2.75, 3.05) is 13.2 Å². The molecule has 0 aliphatic carbocycles. The lowest BCUT2D eigenvalue weighted by Gasteiger charge is -2.17. The molecule has 0 bridgehead atoms. The molecular weight excluding hydrogens is 246 g/mol. The highest BCUT2D eigenvalue weighted by Gasteiger charge is 2.10. The standard InChI is InChI=1S/C18H23NO/c1-13(4-5-15(3)19)17-6-7-18(14(2)12-17)16-8-10-20-11-9-16/h6-8,12H,1,3-5,9-11,19H2,2H3. The van der Waals surface area contributed by atoms with E-state index >= 15 is 0 Å². The van der Waals surface area contributed by atoms with Crippen LogP contribution in [0.2, 0.25) is 0 Å². The number of aryl methyl sites for hydroxylation is 1. The number of rotatable bonds is 5. The smallest absolute Gasteiger partial charge is 0.0653 e. The van der Waals surface area contributed by atoms with Crippen LogP contribution >= 0.6 is 0 Å². The van der Waals surface area contributed by atoms with Gasteiger partial charge in [0, 0.05) is 5.70 Å². The summed E-state index contributed by atoms with van der Waals surface area (Å²) in [6.07, 6.45) is 4.83. The fourth-order valence-corrected chi connectivity index (χ4v) is 2.47. The number of ether oxygens (including phenoxy) is 1. The molecule has 0 fully saturated rings. The van der Waals surface area contributed by atoms with Crippen LogP contribution in [0.1, 0.15) is 36.0 Å². The summed E-state index contributed by atoms with van der Waals surface area (Å²) in [5.41, 5.74) is 12.7. The summed E-state index contributed by atoms with van der Waals surface area (Å²) in [7, 11) is 0. The van der Waals surface area contributed by atoms with Crippen LogP contribution in [-0.4, -0.2) is 13.2 Å². The maximum Gasteiger partial charge on any atom is 0.0653 e. The number of hydrogen-bond acceptors (Lipinski definition) is 2. The van der Waals surface area contributed by atoms with Gasteiger partial charge in [0.15, 0.2) is 0 Å². The quantitative estimate of drug-likeness (QED) is 0.874. The Morgan fingerprint density at radius 2 is 2.10 bits per heavy atom. The SMILES string of the molecule is C=C(N)CCC(=C)c1ccc(C2=CCOCC2)c(C)c1. The summed E-state index contributed by atoms with van der Waals surface area (Å²) in [4.78, 5) is 0. The summed E-state index contributed by atoms with van der Waals surface area (Å²) in [6, 6.07) is 6.57. The highest BCUT2D eigenvalue weighted by molar-refractivity contribution is 5.72. The Kier molecular flexibility index (Phi) is 4.80. The van der Waals surface area contributed by atoms with E-state index in [1.165, 1.54) is 22.3 Å². The van der Waals surface area contributed by atoms with Gasteiger partial charge in [0.2, 0.25) is 0 Å². The number of benzene rings is 1. The van der Waals surface area contributed by atoms with Gasteiger partial charge in [0.25, 0.3) is 0 Å². The molecule has 0 unspecified atom stereocenters. The van der Waals surface area contributed by atoms with Gasteiger partial charge in [-0.2, -0.15) is 0 Å². The van der Waals surface area contributed by atoms with Crippen LogP contribution in [0.4, 0.5) is 0 Å². The first-order chi connectivity index (χ1) is 9.58. The second-order valence-electron chi connectivity index (χ2n) is 5.35. The first kappa shape index (κ1) is 14.6. The summed E-state index contributed by atoms with van der Waals surface area (Å²) in [5, 5.41) is 0. The Morgan fingerprint density at radius 1 is 1.30 bits per heavy atom. The van der Waals surface area contributed by atoms with Gasteiger partial charge >= 0.3 is 0 Å². The van der Waals surface area contributed by atoms with E-state index in [0.29, 0.717) is 5.70 Å². The Bertz CT molecular complexity index is 555. The van der Waals surface area contributed by atoms with E-state index in [1.807, 2.05) is 0 Å². The van der Waals surface area contributed by atoms with Crippen LogP contribution in [0, 0.1) is 6.92 Å². The molecule has 1 heterocycles. The molecule has 0 atom stereocenters. The van der Waals surface area contributed by atoms with Gasteiger partial charge in [-0.3, -0.25) is 0 Å². The predicted octanol–water partition coefficient (Wildman–Crippen LogP) is 4.06. The lowest BCUT2D eigenvalue weighted by molar-refractivity contribution is 0.161. The number of hydrogen-bond donors (Lipinski definition) is 1. The summed E-state index contributed by atoms with van der Waals surface area (Å²) in [5.74, 6) is 0. The molecule has 1 aliphatic heterocycles. The van der Waals surface area contributed by atoms with Crippen molar-refractivity contribution in [2.24, 2.45) is 5.73 Å². The maximum atomic E-state index is 5.62. The van der Waals surface area contributed by atoms with E-state index in [9.17, 15) is 0 Å². The minimum atomic E-state index is 0.715. The Hall–Kier alpha value is -1.80. The molecule has 20 heavy (non-hydrogen) atoms. The zero-order valence-electron chi connectivity index (χ0n) is 12.2. The molecule has 1 aromatic carbocycles. The average Bonchev–Trinajstić information content (AvgIpc) is 2.45. The zero-order chi connectivity index (χ0) is 14.5. The molecule has 0 saturated carbocycles. The normalized spacial score (nSPS) is 14.8. The highest BCUT2D eigenvalue weighted by atomic mass is 16.5. The van der Waals surface area contributed by atoms with Crippen molar-refractivity contribution in [3.05, 3.63) is 59.8 Å². The maximum absolute atomic E-state index is 5.62. The van der Waals surface area contributed by atoms with Crippen molar-refractivity contribution in [3.8, 4) is 0 Å². The summed E-state index contributed by atoms with van der Waals surface area (Å²) < 4.78 is 5.37. The van der Waals surface area contributed by atoms with E-state index in [2.05, 4.69) is 44.4 Å². The van der Waals surface area contributed by atoms with Crippen LogP contribution in [-0.2, 0) is 4.74 Å². The topological polar surface area (TPSA) is 35.2 Å². The molecule has 0 radical (unpaired) electrons. The van der Waals surface area contributed by atoms with Gasteiger partial charge in [0.1, 0.15) is 0 Å². The third-order valence-electron chi connectivity index (χ3n) is 3.69. The molecule has 0 saturated heterocycles. The lowest BCUT2D eigenvalue weighted by Crippen LogP contribution is -2.04. The van der Waals surface area contributed by atoms with E-state index in [1.54, 1.807) is 0 Å². The van der Waals surface area contributed by atoms with Gasteiger partial charge in [0.05, 0.1) is 13.2 Å². The summed E-state index contributed by atoms with van der Waals surface area (Å²) >= 11 is 0. The molecule has 2 nitrogen and oxygen atoms in total. The second-order valence-corrected chi connectivity index (χ2v) is 5.35. The van der Waals surface area contributed by atoms with Crippen molar-refractivity contribution in [1.29, 1.82) is 0 Å². The van der Waals surface area contributed by atoms with Crippen molar-refractivity contribution in [3.63, 3.8) is 0 Å². The minimum Gasteiger partial charge on any atom is -0.403 e. The number of allylic oxidation sites excluding steroid dienone is 2. The van der Waals surface area contributed by atoms with Gasteiger partial charge < -0.3 is 10.5 Å².